The second-order valence-electron chi connectivity index (χ2n) is 9.04. The number of hydrogen-bond acceptors (Lipinski definition) is 7. The maximum Gasteiger partial charge on any atom is 0.319 e. The number of nitrogens with two attached hydrogens (primary N) is 1. The molecule has 1 saturated carbocycles. The number of anilines is 1. The van der Waals surface area contributed by atoms with Gasteiger partial charge in [0, 0.05) is 28.7 Å². The number of aromatic nitrogens is 1. The number of hydrogen-bond donors (Lipinski definition) is 4. The minimum Gasteiger partial charge on any atom is -0.472 e. The molecule has 2 fully saturated rings. The van der Waals surface area contributed by atoms with Crippen LogP contribution < -0.4 is 26.4 Å². The van der Waals surface area contributed by atoms with Crippen LogP contribution in [0.25, 0.3) is 0 Å². The summed E-state index contributed by atoms with van der Waals surface area (Å²) in [6.07, 6.45) is 6.38. The first-order valence-corrected chi connectivity index (χ1v) is 13.3. The Morgan fingerprint density at radius 2 is 1.97 bits per heavy atom. The van der Waals surface area contributed by atoms with Gasteiger partial charge in [-0.1, -0.05) is 11.6 Å². The van der Waals surface area contributed by atoms with Crippen molar-refractivity contribution in [1.82, 2.24) is 19.9 Å². The van der Waals surface area contributed by atoms with Crippen molar-refractivity contribution < 1.29 is 19.1 Å². The number of benzene rings is 1. The highest BCUT2D eigenvalue weighted by molar-refractivity contribution is 7.11. The molecule has 12 heteroatoms. The number of primary amides is 1. The van der Waals surface area contributed by atoms with Gasteiger partial charge in [0.05, 0.1) is 0 Å². The quantitative estimate of drug-likeness (QED) is 0.308. The summed E-state index contributed by atoms with van der Waals surface area (Å²) in [7, 11) is 0. The smallest absolute Gasteiger partial charge is 0.319 e. The summed E-state index contributed by atoms with van der Waals surface area (Å²) in [5.74, 6) is -0.948. The molecule has 0 atom stereocenters. The molecule has 2 heterocycles. The Balaban J connectivity index is 1.29. The van der Waals surface area contributed by atoms with E-state index in [-0.39, 0.29) is 35.0 Å². The predicted molar refractivity (Wildman–Crippen MR) is 139 cm³/mol. The van der Waals surface area contributed by atoms with Gasteiger partial charge in [-0.05, 0) is 87.9 Å². The molecule has 4 amide bonds. The van der Waals surface area contributed by atoms with Crippen molar-refractivity contribution in [3.05, 3.63) is 39.9 Å². The molecule has 0 radical (unpaired) electrons. The van der Waals surface area contributed by atoms with Gasteiger partial charge in [-0.15, -0.1) is 0 Å². The molecule has 36 heavy (non-hydrogen) atoms. The van der Waals surface area contributed by atoms with Crippen LogP contribution in [0.4, 0.5) is 9.80 Å². The maximum absolute atomic E-state index is 12.3. The Labute approximate surface area is 219 Å². The zero-order valence-corrected chi connectivity index (χ0v) is 21.6. The predicted octanol–water partition coefficient (Wildman–Crippen LogP) is 3.36. The van der Waals surface area contributed by atoms with Gasteiger partial charge in [0.15, 0.2) is 0 Å². The third kappa shape index (κ3) is 7.31. The van der Waals surface area contributed by atoms with Crippen LogP contribution >= 0.6 is 23.1 Å². The third-order valence-corrected chi connectivity index (χ3v) is 7.22. The zero-order chi connectivity index (χ0) is 25.5. The van der Waals surface area contributed by atoms with Crippen LogP contribution in [0.3, 0.4) is 0 Å². The minimum absolute atomic E-state index is 0.00249. The molecule has 1 aliphatic carbocycles. The van der Waals surface area contributed by atoms with Crippen LogP contribution in [-0.4, -0.2) is 59.3 Å². The average Bonchev–Trinajstić information content (AvgIpc) is 3.33. The Kier molecular flexibility index (Phi) is 9.00. The SMILES string of the molecule is NC(=O)c1c(OCc2cc(C(=O)NC3CC3)ccc2Cl)nsc1NC(=O)NCCCCN1CCCC1. The Morgan fingerprint density at radius 3 is 2.69 bits per heavy atom. The van der Waals surface area contributed by atoms with E-state index >= 15 is 0 Å². The molecule has 1 saturated heterocycles. The van der Waals surface area contributed by atoms with Crippen LogP contribution in [0.5, 0.6) is 5.88 Å². The number of likely N-dealkylation sites (tertiary alicyclic amines) is 1. The van der Waals surface area contributed by atoms with Gasteiger partial charge < -0.3 is 26.0 Å². The lowest BCUT2D eigenvalue weighted by molar-refractivity contribution is 0.0949. The summed E-state index contributed by atoms with van der Waals surface area (Å²) < 4.78 is 9.87. The van der Waals surface area contributed by atoms with Crippen molar-refractivity contribution in [3.63, 3.8) is 0 Å². The molecule has 1 aliphatic heterocycles. The average molecular weight is 535 g/mol. The number of halogens is 1. The van der Waals surface area contributed by atoms with Crippen LogP contribution in [0.2, 0.25) is 5.02 Å². The lowest BCUT2D eigenvalue weighted by Gasteiger charge is -2.14. The summed E-state index contributed by atoms with van der Waals surface area (Å²) in [6, 6.07) is 4.71. The number of nitrogens with zero attached hydrogens (tertiary/aromatic N) is 2. The lowest BCUT2D eigenvalue weighted by atomic mass is 10.1. The molecule has 194 valence electrons. The van der Waals surface area contributed by atoms with Gasteiger partial charge in [-0.3, -0.25) is 14.9 Å². The van der Waals surface area contributed by atoms with E-state index in [0.29, 0.717) is 22.7 Å². The van der Waals surface area contributed by atoms with E-state index in [0.717, 1.165) is 56.9 Å². The summed E-state index contributed by atoms with van der Waals surface area (Å²) in [5.41, 5.74) is 6.56. The third-order valence-electron chi connectivity index (χ3n) is 6.10. The van der Waals surface area contributed by atoms with Crippen LogP contribution in [0, 0.1) is 0 Å². The van der Waals surface area contributed by atoms with E-state index in [9.17, 15) is 14.4 Å². The van der Waals surface area contributed by atoms with E-state index in [1.807, 2.05) is 0 Å². The molecular formula is C24H31ClN6O4S. The Morgan fingerprint density at radius 1 is 1.19 bits per heavy atom. The number of ether oxygens (including phenoxy) is 1. The molecule has 0 bridgehead atoms. The number of unbranched alkanes of at least 4 members (excludes halogenated alkanes) is 1. The fraction of sp³-hybridized carbons (Fsp3) is 0.500. The number of amides is 4. The topological polar surface area (TPSA) is 139 Å². The fourth-order valence-corrected chi connectivity index (χ4v) is 4.87. The van der Waals surface area contributed by atoms with Gasteiger partial charge in [0.25, 0.3) is 11.8 Å². The molecule has 5 N–H and O–H groups in total. The Hall–Kier alpha value is -2.89. The molecule has 2 aromatic rings. The zero-order valence-electron chi connectivity index (χ0n) is 20.0. The largest absolute Gasteiger partial charge is 0.472 e. The van der Waals surface area contributed by atoms with Gasteiger partial charge >= 0.3 is 6.03 Å². The number of urea groups is 1. The van der Waals surface area contributed by atoms with E-state index in [4.69, 9.17) is 22.1 Å². The molecule has 1 aromatic heterocycles. The van der Waals surface area contributed by atoms with Crippen LogP contribution in [0.15, 0.2) is 18.2 Å². The van der Waals surface area contributed by atoms with Crippen molar-refractivity contribution in [2.75, 3.05) is 31.5 Å². The highest BCUT2D eigenvalue weighted by Gasteiger charge is 2.25. The van der Waals surface area contributed by atoms with Crippen molar-refractivity contribution in [1.29, 1.82) is 0 Å². The summed E-state index contributed by atoms with van der Waals surface area (Å²) in [5, 5.41) is 8.98. The highest BCUT2D eigenvalue weighted by Crippen LogP contribution is 2.31. The first kappa shape index (κ1) is 26.2. The van der Waals surface area contributed by atoms with E-state index in [1.165, 1.54) is 12.8 Å². The van der Waals surface area contributed by atoms with Crippen LogP contribution in [-0.2, 0) is 6.61 Å². The maximum atomic E-state index is 12.3. The molecule has 0 spiro atoms. The van der Waals surface area contributed by atoms with Gasteiger partial charge in [0.2, 0.25) is 5.88 Å². The number of carbonyl (C=O) groups excluding carboxylic acids is 3. The first-order valence-electron chi connectivity index (χ1n) is 12.2. The van der Waals surface area contributed by atoms with Gasteiger partial charge in [0.1, 0.15) is 17.2 Å². The highest BCUT2D eigenvalue weighted by atomic mass is 35.5. The molecule has 10 nitrogen and oxygen atoms in total. The minimum atomic E-state index is -0.775. The summed E-state index contributed by atoms with van der Waals surface area (Å²) in [6.45, 7) is 3.86. The fourth-order valence-electron chi connectivity index (χ4n) is 3.96. The Bertz CT molecular complexity index is 1100. The van der Waals surface area contributed by atoms with E-state index in [1.54, 1.807) is 18.2 Å². The first-order chi connectivity index (χ1) is 17.4. The second-order valence-corrected chi connectivity index (χ2v) is 10.2. The number of nitrogens with one attached hydrogen (secondary N) is 3. The van der Waals surface area contributed by atoms with Crippen molar-refractivity contribution in [2.45, 2.75) is 51.2 Å². The molecule has 2 aliphatic rings. The summed E-state index contributed by atoms with van der Waals surface area (Å²) in [4.78, 5) is 39.2. The van der Waals surface area contributed by atoms with Crippen molar-refractivity contribution in [3.8, 4) is 5.88 Å². The number of carbonyl (C=O) groups is 3. The molecule has 4 rings (SSSR count). The number of rotatable bonds is 12. The monoisotopic (exact) mass is 534 g/mol. The summed E-state index contributed by atoms with van der Waals surface area (Å²) >= 11 is 7.18. The lowest BCUT2D eigenvalue weighted by Crippen LogP contribution is -2.30. The van der Waals surface area contributed by atoms with E-state index in [2.05, 4.69) is 25.2 Å². The normalized spacial score (nSPS) is 15.5. The van der Waals surface area contributed by atoms with E-state index < -0.39 is 11.9 Å². The van der Waals surface area contributed by atoms with Crippen molar-refractivity contribution in [2.24, 2.45) is 5.73 Å². The molecule has 0 unspecified atom stereocenters. The molecule has 1 aromatic carbocycles. The van der Waals surface area contributed by atoms with Crippen molar-refractivity contribution >= 4 is 46.0 Å². The molecular weight excluding hydrogens is 504 g/mol. The van der Waals surface area contributed by atoms with Gasteiger partial charge in [-0.25, -0.2) is 4.79 Å². The van der Waals surface area contributed by atoms with Gasteiger partial charge in [-0.2, -0.15) is 4.37 Å². The van der Waals surface area contributed by atoms with Crippen LogP contribution in [0.1, 0.15) is 64.8 Å². The second kappa shape index (κ2) is 12.4. The standard InChI is InChI=1S/C24H31ClN6O4S/c25-18-8-5-15(21(33)28-17-6-7-17)13-16(18)14-35-22-19(20(26)32)23(36-30-22)29-24(34)27-9-1-2-10-31-11-3-4-12-31/h5,8,13,17H,1-4,6-7,9-12,14H2,(H2,26,32)(H,28,33)(H2,27,29,34).